The van der Waals surface area contributed by atoms with E-state index in [1.807, 2.05) is 25.7 Å². The standard InChI is InChI=1S/C22H32F3N3O/c1-21(2,3)17-5-6-19(18(15-17)22(23,24)25)27-11-13-28(14-12-27)20(29)16-7-9-26(4)10-8-16/h5-6,15-16H,7-14H2,1-4H3. The van der Waals surface area contributed by atoms with Crippen molar-refractivity contribution in [2.75, 3.05) is 51.2 Å². The molecule has 1 amide bonds. The van der Waals surface area contributed by atoms with Gasteiger partial charge >= 0.3 is 6.18 Å². The van der Waals surface area contributed by atoms with E-state index in [4.69, 9.17) is 0 Å². The number of carbonyl (C=O) groups is 1. The van der Waals surface area contributed by atoms with Crippen LogP contribution >= 0.6 is 0 Å². The molecule has 0 spiro atoms. The number of hydrogen-bond donors (Lipinski definition) is 0. The van der Waals surface area contributed by atoms with Crippen LogP contribution in [-0.2, 0) is 16.4 Å². The van der Waals surface area contributed by atoms with E-state index in [9.17, 15) is 18.0 Å². The van der Waals surface area contributed by atoms with Crippen LogP contribution in [0.1, 0.15) is 44.7 Å². The molecule has 0 unspecified atom stereocenters. The van der Waals surface area contributed by atoms with E-state index in [2.05, 4.69) is 11.9 Å². The predicted molar refractivity (Wildman–Crippen MR) is 109 cm³/mol. The van der Waals surface area contributed by atoms with Crippen LogP contribution in [0.5, 0.6) is 0 Å². The van der Waals surface area contributed by atoms with E-state index in [0.717, 1.165) is 25.9 Å². The SMILES string of the molecule is CN1CCC(C(=O)N2CCN(c3ccc(C(C)(C)C)cc3C(F)(F)F)CC2)CC1. The summed E-state index contributed by atoms with van der Waals surface area (Å²) < 4.78 is 41.3. The lowest BCUT2D eigenvalue weighted by atomic mass is 9.85. The van der Waals surface area contributed by atoms with Gasteiger partial charge in [-0.2, -0.15) is 13.2 Å². The van der Waals surface area contributed by atoms with Gasteiger partial charge in [-0.1, -0.05) is 26.8 Å². The first-order valence-electron chi connectivity index (χ1n) is 10.4. The number of nitrogens with zero attached hydrogens (tertiary/aromatic N) is 3. The van der Waals surface area contributed by atoms with Gasteiger partial charge < -0.3 is 14.7 Å². The minimum Gasteiger partial charge on any atom is -0.367 e. The Hall–Kier alpha value is -1.76. The lowest BCUT2D eigenvalue weighted by Crippen LogP contribution is -2.51. The highest BCUT2D eigenvalue weighted by atomic mass is 19.4. The molecule has 2 aliphatic rings. The Balaban J connectivity index is 1.71. The number of piperidine rings is 1. The summed E-state index contributed by atoms with van der Waals surface area (Å²) in [5.41, 5.74) is -0.0425. The molecule has 4 nitrogen and oxygen atoms in total. The third-order valence-corrected chi connectivity index (χ3v) is 6.17. The second-order valence-corrected chi connectivity index (χ2v) is 9.37. The number of rotatable bonds is 2. The van der Waals surface area contributed by atoms with Crippen LogP contribution in [-0.4, -0.2) is 62.0 Å². The molecule has 2 saturated heterocycles. The monoisotopic (exact) mass is 411 g/mol. The second-order valence-electron chi connectivity index (χ2n) is 9.37. The summed E-state index contributed by atoms with van der Waals surface area (Å²) in [5, 5.41) is 0. The first kappa shape index (κ1) is 21.9. The molecular formula is C22H32F3N3O. The Morgan fingerprint density at radius 3 is 2.07 bits per heavy atom. The number of halogens is 3. The van der Waals surface area contributed by atoms with E-state index in [1.165, 1.54) is 6.07 Å². The first-order chi connectivity index (χ1) is 13.5. The number of piperazine rings is 1. The molecule has 2 heterocycles. The largest absolute Gasteiger partial charge is 0.418 e. The number of carbonyl (C=O) groups excluding carboxylic acids is 1. The van der Waals surface area contributed by atoms with Gasteiger partial charge in [-0.3, -0.25) is 4.79 Å². The van der Waals surface area contributed by atoms with Gasteiger partial charge in [0, 0.05) is 37.8 Å². The zero-order chi connectivity index (χ0) is 21.4. The van der Waals surface area contributed by atoms with Crippen molar-refractivity contribution >= 4 is 11.6 Å². The molecule has 0 saturated carbocycles. The van der Waals surface area contributed by atoms with E-state index in [0.29, 0.717) is 31.7 Å². The molecule has 0 bridgehead atoms. The fourth-order valence-corrected chi connectivity index (χ4v) is 4.19. The summed E-state index contributed by atoms with van der Waals surface area (Å²) >= 11 is 0. The van der Waals surface area contributed by atoms with Crippen LogP contribution in [0.25, 0.3) is 0 Å². The van der Waals surface area contributed by atoms with Gasteiger partial charge in [0.25, 0.3) is 0 Å². The van der Waals surface area contributed by atoms with Gasteiger partial charge in [-0.15, -0.1) is 0 Å². The second kappa shape index (κ2) is 8.17. The molecule has 0 N–H and O–H groups in total. The highest BCUT2D eigenvalue weighted by molar-refractivity contribution is 5.79. The molecule has 1 aromatic carbocycles. The van der Waals surface area contributed by atoms with Gasteiger partial charge in [0.1, 0.15) is 0 Å². The van der Waals surface area contributed by atoms with Crippen molar-refractivity contribution in [3.8, 4) is 0 Å². The fraction of sp³-hybridized carbons (Fsp3) is 0.682. The summed E-state index contributed by atoms with van der Waals surface area (Å²) in [6.07, 6.45) is -2.68. The molecule has 0 aromatic heterocycles. The van der Waals surface area contributed by atoms with Gasteiger partial charge in [-0.25, -0.2) is 0 Å². The molecule has 1 aromatic rings. The van der Waals surface area contributed by atoms with Crippen LogP contribution in [0.15, 0.2) is 18.2 Å². The minimum absolute atomic E-state index is 0.0505. The Bertz CT molecular complexity index is 726. The maximum atomic E-state index is 13.8. The molecule has 2 fully saturated rings. The van der Waals surface area contributed by atoms with Crippen LogP contribution in [0, 0.1) is 5.92 Å². The molecule has 7 heteroatoms. The summed E-state index contributed by atoms with van der Waals surface area (Å²) in [6, 6.07) is 4.67. The number of hydrogen-bond acceptors (Lipinski definition) is 3. The van der Waals surface area contributed by atoms with E-state index < -0.39 is 11.7 Å². The molecule has 0 radical (unpaired) electrons. The Kier molecular flexibility index (Phi) is 6.18. The highest BCUT2D eigenvalue weighted by Crippen LogP contribution is 2.39. The molecule has 0 aliphatic carbocycles. The molecule has 162 valence electrons. The number of benzene rings is 1. The summed E-state index contributed by atoms with van der Waals surface area (Å²) in [6.45, 7) is 9.39. The maximum absolute atomic E-state index is 13.8. The predicted octanol–water partition coefficient (Wildman–Crippen LogP) is 3.99. The van der Waals surface area contributed by atoms with Gasteiger partial charge in [0.2, 0.25) is 5.91 Å². The van der Waals surface area contributed by atoms with Crippen molar-refractivity contribution in [3.05, 3.63) is 29.3 Å². The average molecular weight is 412 g/mol. The third kappa shape index (κ3) is 5.05. The summed E-state index contributed by atoms with van der Waals surface area (Å²) in [5.74, 6) is 0.214. The molecular weight excluding hydrogens is 379 g/mol. The highest BCUT2D eigenvalue weighted by Gasteiger charge is 2.37. The third-order valence-electron chi connectivity index (χ3n) is 6.17. The van der Waals surface area contributed by atoms with Crippen molar-refractivity contribution in [1.82, 2.24) is 9.80 Å². The Morgan fingerprint density at radius 2 is 1.55 bits per heavy atom. The minimum atomic E-state index is -4.41. The zero-order valence-electron chi connectivity index (χ0n) is 17.9. The quantitative estimate of drug-likeness (QED) is 0.736. The number of amides is 1. The summed E-state index contributed by atoms with van der Waals surface area (Å²) in [7, 11) is 2.06. The van der Waals surface area contributed by atoms with Crippen LogP contribution in [0.3, 0.4) is 0 Å². The van der Waals surface area contributed by atoms with Crippen molar-refractivity contribution < 1.29 is 18.0 Å². The smallest absolute Gasteiger partial charge is 0.367 e. The van der Waals surface area contributed by atoms with Crippen molar-refractivity contribution in [3.63, 3.8) is 0 Å². The fourth-order valence-electron chi connectivity index (χ4n) is 4.19. The normalized spacial score (nSPS) is 20.2. The van der Waals surface area contributed by atoms with Gasteiger partial charge in [0.15, 0.2) is 0 Å². The zero-order valence-corrected chi connectivity index (χ0v) is 17.9. The molecule has 2 aliphatic heterocycles. The molecule has 0 atom stereocenters. The van der Waals surface area contributed by atoms with E-state index in [-0.39, 0.29) is 22.9 Å². The number of anilines is 1. The molecule has 3 rings (SSSR count). The number of alkyl halides is 3. The van der Waals surface area contributed by atoms with Crippen LogP contribution in [0.4, 0.5) is 18.9 Å². The lowest BCUT2D eigenvalue weighted by Gasteiger charge is -2.39. The van der Waals surface area contributed by atoms with Crippen LogP contribution < -0.4 is 4.90 Å². The average Bonchev–Trinajstić information content (AvgIpc) is 2.66. The van der Waals surface area contributed by atoms with Crippen LogP contribution in [0.2, 0.25) is 0 Å². The lowest BCUT2D eigenvalue weighted by molar-refractivity contribution is -0.138. The summed E-state index contributed by atoms with van der Waals surface area (Å²) in [4.78, 5) is 18.6. The van der Waals surface area contributed by atoms with Crippen molar-refractivity contribution in [2.24, 2.45) is 5.92 Å². The Morgan fingerprint density at radius 1 is 0.966 bits per heavy atom. The Labute approximate surface area is 171 Å². The first-order valence-corrected chi connectivity index (χ1v) is 10.4. The van der Waals surface area contributed by atoms with Crippen molar-refractivity contribution in [2.45, 2.75) is 45.2 Å². The van der Waals surface area contributed by atoms with Gasteiger partial charge in [-0.05, 0) is 56.1 Å². The topological polar surface area (TPSA) is 26.8 Å². The van der Waals surface area contributed by atoms with Gasteiger partial charge in [0.05, 0.1) is 5.56 Å². The van der Waals surface area contributed by atoms with Crippen molar-refractivity contribution in [1.29, 1.82) is 0 Å². The van der Waals surface area contributed by atoms with E-state index >= 15 is 0 Å². The van der Waals surface area contributed by atoms with E-state index in [1.54, 1.807) is 17.0 Å². The maximum Gasteiger partial charge on any atom is 0.418 e. The number of likely N-dealkylation sites (tertiary alicyclic amines) is 1. The molecule has 29 heavy (non-hydrogen) atoms.